The van der Waals surface area contributed by atoms with Crippen LogP contribution in [-0.2, 0) is 5.41 Å². The smallest absolute Gasteiger partial charge is 0.0561 e. The second-order valence-corrected chi connectivity index (χ2v) is 13.0. The lowest BCUT2D eigenvalue weighted by molar-refractivity contribution is 0.662. The summed E-state index contributed by atoms with van der Waals surface area (Å²) < 4.78 is 2.40. The van der Waals surface area contributed by atoms with Crippen LogP contribution in [0.5, 0.6) is 0 Å². The fourth-order valence-electron chi connectivity index (χ4n) is 7.86. The summed E-state index contributed by atoms with van der Waals surface area (Å²) in [4.78, 5) is 2.42. The van der Waals surface area contributed by atoms with Crippen LogP contribution in [0, 0.1) is 0 Å². The Hall–Kier alpha value is -5.86. The van der Waals surface area contributed by atoms with Crippen molar-refractivity contribution in [2.75, 3.05) is 4.90 Å². The van der Waals surface area contributed by atoms with Crippen molar-refractivity contribution in [1.82, 2.24) is 4.57 Å². The van der Waals surface area contributed by atoms with Gasteiger partial charge in [-0.15, -0.1) is 0 Å². The van der Waals surface area contributed by atoms with E-state index in [1.54, 1.807) is 0 Å². The van der Waals surface area contributed by atoms with Gasteiger partial charge in [0, 0.05) is 38.9 Å². The predicted molar refractivity (Wildman–Crippen MR) is 198 cm³/mol. The van der Waals surface area contributed by atoms with Crippen LogP contribution >= 0.6 is 0 Å². The highest BCUT2D eigenvalue weighted by molar-refractivity contribution is 6.10. The molecule has 47 heavy (non-hydrogen) atoms. The Balaban J connectivity index is 1.34. The summed E-state index contributed by atoms with van der Waals surface area (Å²) in [6.07, 6.45) is 0. The maximum Gasteiger partial charge on any atom is 0.0561 e. The lowest BCUT2D eigenvalue weighted by Crippen LogP contribution is -2.17. The third-order valence-electron chi connectivity index (χ3n) is 9.93. The van der Waals surface area contributed by atoms with Gasteiger partial charge in [-0.05, 0) is 88.0 Å². The van der Waals surface area contributed by atoms with Gasteiger partial charge in [0.25, 0.3) is 0 Å². The number of aromatic nitrogens is 1. The first kappa shape index (κ1) is 27.5. The Morgan fingerprint density at radius 3 is 1.85 bits per heavy atom. The summed E-state index contributed by atoms with van der Waals surface area (Å²) in [5.74, 6) is 0. The fourth-order valence-corrected chi connectivity index (χ4v) is 7.86. The van der Waals surface area contributed by atoms with Gasteiger partial charge in [0.2, 0.25) is 0 Å². The zero-order chi connectivity index (χ0) is 31.5. The zero-order valence-corrected chi connectivity index (χ0v) is 26.6. The summed E-state index contributed by atoms with van der Waals surface area (Å²) in [6, 6.07) is 61.8. The van der Waals surface area contributed by atoms with E-state index >= 15 is 0 Å². The van der Waals surface area contributed by atoms with Crippen LogP contribution in [0.1, 0.15) is 25.0 Å². The molecule has 1 aromatic heterocycles. The van der Waals surface area contributed by atoms with Crippen molar-refractivity contribution in [3.8, 4) is 27.9 Å². The lowest BCUT2D eigenvalue weighted by Gasteiger charge is -2.29. The van der Waals surface area contributed by atoms with Gasteiger partial charge < -0.3 is 9.47 Å². The van der Waals surface area contributed by atoms with Gasteiger partial charge in [-0.1, -0.05) is 129 Å². The van der Waals surface area contributed by atoms with Crippen LogP contribution in [0.2, 0.25) is 0 Å². The van der Waals surface area contributed by atoms with Crippen LogP contribution in [-0.4, -0.2) is 4.57 Å². The molecule has 8 aromatic rings. The van der Waals surface area contributed by atoms with Crippen LogP contribution in [0.15, 0.2) is 170 Å². The van der Waals surface area contributed by atoms with E-state index in [-0.39, 0.29) is 5.41 Å². The molecule has 0 atom stereocenters. The van der Waals surface area contributed by atoms with Gasteiger partial charge in [-0.3, -0.25) is 0 Å². The molecule has 0 saturated heterocycles. The van der Waals surface area contributed by atoms with Gasteiger partial charge in [0.15, 0.2) is 0 Å². The average molecular weight is 603 g/mol. The minimum atomic E-state index is -0.122. The zero-order valence-electron chi connectivity index (χ0n) is 26.6. The topological polar surface area (TPSA) is 8.17 Å². The summed E-state index contributed by atoms with van der Waals surface area (Å²) in [7, 11) is 0. The van der Waals surface area contributed by atoms with Crippen molar-refractivity contribution >= 4 is 38.9 Å². The molecule has 0 bridgehead atoms. The lowest BCUT2D eigenvalue weighted by atomic mass is 9.78. The second kappa shape index (κ2) is 10.6. The third-order valence-corrected chi connectivity index (χ3v) is 9.93. The quantitative estimate of drug-likeness (QED) is 0.190. The third kappa shape index (κ3) is 4.26. The standard InChI is InChI=1S/C45H34N2/c1-45(2)41-24-14-12-22-36(41)40-29-35(28-39(44(40)45)31-16-6-3-7-17-31)46(32-18-8-4-9-19-32)34-26-27-38-37-23-13-15-25-42(37)47(43(38)30-34)33-20-10-5-11-21-33/h3-30H,1-2H3. The molecule has 2 nitrogen and oxygen atoms in total. The molecule has 0 fully saturated rings. The molecule has 1 heterocycles. The van der Waals surface area contributed by atoms with Gasteiger partial charge >= 0.3 is 0 Å². The second-order valence-electron chi connectivity index (χ2n) is 13.0. The van der Waals surface area contributed by atoms with E-state index in [4.69, 9.17) is 0 Å². The molecule has 0 amide bonds. The summed E-state index contributed by atoms with van der Waals surface area (Å²) >= 11 is 0. The molecule has 0 spiro atoms. The van der Waals surface area contributed by atoms with Crippen molar-refractivity contribution in [1.29, 1.82) is 0 Å². The van der Waals surface area contributed by atoms with E-state index in [2.05, 4.69) is 193 Å². The summed E-state index contributed by atoms with van der Waals surface area (Å²) in [5, 5.41) is 2.50. The number of nitrogens with zero attached hydrogens (tertiary/aromatic N) is 2. The van der Waals surface area contributed by atoms with E-state index in [9.17, 15) is 0 Å². The summed E-state index contributed by atoms with van der Waals surface area (Å²) in [5.41, 5.74) is 14.7. The van der Waals surface area contributed by atoms with Crippen molar-refractivity contribution in [3.05, 3.63) is 181 Å². The molecule has 0 aliphatic heterocycles. The Morgan fingerprint density at radius 1 is 0.447 bits per heavy atom. The highest BCUT2D eigenvalue weighted by Crippen LogP contribution is 2.54. The number of rotatable bonds is 5. The van der Waals surface area contributed by atoms with Crippen molar-refractivity contribution in [2.24, 2.45) is 0 Å². The summed E-state index contributed by atoms with van der Waals surface area (Å²) in [6.45, 7) is 4.74. The first-order valence-electron chi connectivity index (χ1n) is 16.4. The number of hydrogen-bond acceptors (Lipinski definition) is 1. The maximum atomic E-state index is 2.42. The van der Waals surface area contributed by atoms with Gasteiger partial charge in [-0.25, -0.2) is 0 Å². The molecule has 1 aliphatic rings. The predicted octanol–water partition coefficient (Wildman–Crippen LogP) is 12.2. The molecule has 0 unspecified atom stereocenters. The Kier molecular flexibility index (Phi) is 6.20. The van der Waals surface area contributed by atoms with Crippen LogP contribution < -0.4 is 4.90 Å². The fraction of sp³-hybridized carbons (Fsp3) is 0.0667. The minimum Gasteiger partial charge on any atom is -0.310 e. The van der Waals surface area contributed by atoms with E-state index in [1.165, 1.54) is 55.2 Å². The van der Waals surface area contributed by atoms with E-state index < -0.39 is 0 Å². The van der Waals surface area contributed by atoms with Gasteiger partial charge in [0.1, 0.15) is 0 Å². The van der Waals surface area contributed by atoms with Crippen molar-refractivity contribution in [3.63, 3.8) is 0 Å². The first-order chi connectivity index (χ1) is 23.1. The Labute approximate surface area is 275 Å². The molecule has 7 aromatic carbocycles. The van der Waals surface area contributed by atoms with Crippen LogP contribution in [0.3, 0.4) is 0 Å². The molecule has 9 rings (SSSR count). The largest absolute Gasteiger partial charge is 0.310 e. The van der Waals surface area contributed by atoms with E-state index in [1.807, 2.05) is 0 Å². The molecule has 224 valence electrons. The Morgan fingerprint density at radius 2 is 1.06 bits per heavy atom. The average Bonchev–Trinajstić information content (AvgIpc) is 3.58. The Bertz CT molecular complexity index is 2420. The van der Waals surface area contributed by atoms with Crippen molar-refractivity contribution < 1.29 is 0 Å². The van der Waals surface area contributed by atoms with E-state index in [0.29, 0.717) is 0 Å². The highest BCUT2D eigenvalue weighted by Gasteiger charge is 2.38. The van der Waals surface area contributed by atoms with Crippen LogP contribution in [0.25, 0.3) is 49.7 Å². The molecule has 0 saturated carbocycles. The van der Waals surface area contributed by atoms with Gasteiger partial charge in [0.05, 0.1) is 11.0 Å². The number of benzene rings is 7. The first-order valence-corrected chi connectivity index (χ1v) is 16.4. The number of hydrogen-bond donors (Lipinski definition) is 0. The number of fused-ring (bicyclic) bond motifs is 6. The van der Waals surface area contributed by atoms with E-state index in [0.717, 1.165) is 22.7 Å². The number of para-hydroxylation sites is 3. The molecule has 0 radical (unpaired) electrons. The van der Waals surface area contributed by atoms with Gasteiger partial charge in [-0.2, -0.15) is 0 Å². The van der Waals surface area contributed by atoms with Crippen molar-refractivity contribution in [2.45, 2.75) is 19.3 Å². The number of anilines is 3. The highest BCUT2D eigenvalue weighted by atomic mass is 15.1. The normalized spacial score (nSPS) is 13.1. The molecular weight excluding hydrogens is 569 g/mol. The van der Waals surface area contributed by atoms with Crippen LogP contribution in [0.4, 0.5) is 17.1 Å². The maximum absolute atomic E-state index is 2.42. The molecule has 1 aliphatic carbocycles. The monoisotopic (exact) mass is 602 g/mol. The molecule has 0 N–H and O–H groups in total. The SMILES string of the molecule is CC1(C)c2ccccc2-c2cc(N(c3ccccc3)c3ccc4c5ccccc5n(-c5ccccc5)c4c3)cc(-c3ccccc3)c21. The molecule has 2 heteroatoms. The molecular formula is C45H34N2. The minimum absolute atomic E-state index is 0.122.